The molecule has 0 saturated carbocycles. The van der Waals surface area contributed by atoms with Crippen LogP contribution in [0.1, 0.15) is 47.5 Å². The van der Waals surface area contributed by atoms with E-state index in [1.165, 1.54) is 6.92 Å². The van der Waals surface area contributed by atoms with Crippen LogP contribution in [-0.4, -0.2) is 64.7 Å². The highest BCUT2D eigenvalue weighted by molar-refractivity contribution is 5.94. The van der Waals surface area contributed by atoms with Crippen LogP contribution in [0.2, 0.25) is 0 Å². The van der Waals surface area contributed by atoms with E-state index in [2.05, 4.69) is 16.0 Å². The molecule has 0 aliphatic heterocycles. The molecular weight excluding hydrogens is 368 g/mol. The Hall–Kier alpha value is -2.20. The zero-order valence-electron chi connectivity index (χ0n) is 17.2. The van der Waals surface area contributed by atoms with Gasteiger partial charge in [-0.2, -0.15) is 0 Å². The molecule has 3 amide bonds. The first-order valence-electron chi connectivity index (χ1n) is 9.44. The second-order valence-corrected chi connectivity index (χ2v) is 7.43. The van der Waals surface area contributed by atoms with Gasteiger partial charge in [0.1, 0.15) is 18.1 Å². The Kier molecular flexibility index (Phi) is 11.3. The van der Waals surface area contributed by atoms with Gasteiger partial charge in [-0.1, -0.05) is 34.1 Å². The van der Waals surface area contributed by atoms with Gasteiger partial charge < -0.3 is 31.9 Å². The summed E-state index contributed by atoms with van der Waals surface area (Å²) in [5, 5.41) is 25.5. The molecule has 0 rings (SSSR count). The third-order valence-electron chi connectivity index (χ3n) is 4.34. The lowest BCUT2D eigenvalue weighted by molar-refractivity contribution is -0.143. The summed E-state index contributed by atoms with van der Waals surface area (Å²) in [7, 11) is 0. The number of aliphatic carboxylic acids is 1. The lowest BCUT2D eigenvalue weighted by Gasteiger charge is -2.28. The third-order valence-corrected chi connectivity index (χ3v) is 4.34. The third kappa shape index (κ3) is 8.66. The van der Waals surface area contributed by atoms with Crippen LogP contribution in [0, 0.1) is 11.8 Å². The van der Waals surface area contributed by atoms with E-state index in [1.54, 1.807) is 6.92 Å². The minimum absolute atomic E-state index is 0.0887. The van der Waals surface area contributed by atoms with Gasteiger partial charge in [0, 0.05) is 0 Å². The largest absolute Gasteiger partial charge is 0.480 e. The van der Waals surface area contributed by atoms with Crippen molar-refractivity contribution in [1.82, 2.24) is 16.0 Å². The van der Waals surface area contributed by atoms with Crippen LogP contribution in [0.3, 0.4) is 0 Å². The summed E-state index contributed by atoms with van der Waals surface area (Å²) in [5.41, 5.74) is 5.55. The fourth-order valence-corrected chi connectivity index (χ4v) is 2.41. The number of hydrogen-bond donors (Lipinski definition) is 6. The lowest BCUT2D eigenvalue weighted by Crippen LogP contribution is -2.59. The first-order valence-corrected chi connectivity index (χ1v) is 9.44. The van der Waals surface area contributed by atoms with Gasteiger partial charge in [0.25, 0.3) is 0 Å². The predicted molar refractivity (Wildman–Crippen MR) is 103 cm³/mol. The van der Waals surface area contributed by atoms with E-state index in [0.29, 0.717) is 12.8 Å². The maximum Gasteiger partial charge on any atom is 0.328 e. The number of nitrogens with two attached hydrogens (primary N) is 1. The summed E-state index contributed by atoms with van der Waals surface area (Å²) in [6.45, 7) is 8.04. The van der Waals surface area contributed by atoms with Crippen molar-refractivity contribution in [2.75, 3.05) is 6.61 Å². The Morgan fingerprint density at radius 3 is 1.82 bits per heavy atom. The van der Waals surface area contributed by atoms with E-state index >= 15 is 0 Å². The zero-order valence-corrected chi connectivity index (χ0v) is 17.2. The Bertz CT molecular complexity index is 552. The number of hydrogen-bond acceptors (Lipinski definition) is 6. The molecular formula is C18H34N4O6. The number of rotatable bonds is 12. The van der Waals surface area contributed by atoms with E-state index < -0.39 is 54.5 Å². The molecule has 10 heteroatoms. The number of carbonyl (C=O) groups is 4. The summed E-state index contributed by atoms with van der Waals surface area (Å²) in [4.78, 5) is 48.2. The number of aliphatic hydroxyl groups excluding tert-OH is 1. The maximum atomic E-state index is 12.7. The zero-order chi connectivity index (χ0) is 22.0. The van der Waals surface area contributed by atoms with E-state index in [1.807, 2.05) is 20.8 Å². The topological polar surface area (TPSA) is 171 Å². The molecule has 0 aliphatic rings. The SMILES string of the molecule is CCC(C)C(NC(=O)C(CC(C)C)NC(=O)C(C)N)C(=O)NC(CO)C(=O)O. The van der Waals surface area contributed by atoms with Crippen molar-refractivity contribution in [2.24, 2.45) is 17.6 Å². The minimum Gasteiger partial charge on any atom is -0.480 e. The molecule has 0 aromatic rings. The number of amides is 3. The van der Waals surface area contributed by atoms with E-state index in [0.717, 1.165) is 0 Å². The van der Waals surface area contributed by atoms with Crippen molar-refractivity contribution >= 4 is 23.7 Å². The standard InChI is InChI=1S/C18H34N4O6/c1-6-10(4)14(17(26)21-13(8-23)18(27)28)22-16(25)12(7-9(2)3)20-15(24)11(5)19/h9-14,23H,6-8,19H2,1-5H3,(H,20,24)(H,21,26)(H,22,25)(H,27,28). The van der Waals surface area contributed by atoms with Crippen molar-refractivity contribution in [2.45, 2.75) is 71.6 Å². The average molecular weight is 402 g/mol. The molecule has 0 saturated heterocycles. The molecule has 5 atom stereocenters. The molecule has 0 bridgehead atoms. The summed E-state index contributed by atoms with van der Waals surface area (Å²) in [6, 6.07) is -4.17. The molecule has 162 valence electrons. The van der Waals surface area contributed by atoms with Crippen molar-refractivity contribution in [1.29, 1.82) is 0 Å². The van der Waals surface area contributed by atoms with Gasteiger partial charge in [0.2, 0.25) is 17.7 Å². The molecule has 0 aliphatic carbocycles. The predicted octanol–water partition coefficient (Wildman–Crippen LogP) is -1.04. The molecule has 5 unspecified atom stereocenters. The highest BCUT2D eigenvalue weighted by Crippen LogP contribution is 2.11. The summed E-state index contributed by atoms with van der Waals surface area (Å²) in [6.07, 6.45) is 0.879. The van der Waals surface area contributed by atoms with Gasteiger partial charge in [-0.25, -0.2) is 4.79 Å². The number of carbonyl (C=O) groups excluding carboxylic acids is 3. The van der Waals surface area contributed by atoms with Gasteiger partial charge in [-0.3, -0.25) is 14.4 Å². The van der Waals surface area contributed by atoms with Gasteiger partial charge >= 0.3 is 5.97 Å². The number of carboxylic acid groups (broad SMARTS) is 1. The van der Waals surface area contributed by atoms with Gasteiger partial charge in [-0.15, -0.1) is 0 Å². The van der Waals surface area contributed by atoms with E-state index in [4.69, 9.17) is 15.9 Å². The van der Waals surface area contributed by atoms with Crippen molar-refractivity contribution in [3.63, 3.8) is 0 Å². The van der Waals surface area contributed by atoms with Crippen LogP contribution in [0.15, 0.2) is 0 Å². The highest BCUT2D eigenvalue weighted by Gasteiger charge is 2.32. The van der Waals surface area contributed by atoms with Crippen LogP contribution in [-0.2, 0) is 19.2 Å². The average Bonchev–Trinajstić information content (AvgIpc) is 2.61. The Morgan fingerprint density at radius 2 is 1.43 bits per heavy atom. The molecule has 0 fully saturated rings. The Labute approximate surface area is 165 Å². The number of nitrogens with one attached hydrogen (secondary N) is 3. The monoisotopic (exact) mass is 402 g/mol. The first-order chi connectivity index (χ1) is 12.9. The summed E-state index contributed by atoms with van der Waals surface area (Å²) < 4.78 is 0. The molecule has 7 N–H and O–H groups in total. The first kappa shape index (κ1) is 25.8. The second-order valence-electron chi connectivity index (χ2n) is 7.43. The van der Waals surface area contributed by atoms with Gasteiger partial charge in [0.15, 0.2) is 0 Å². The smallest absolute Gasteiger partial charge is 0.328 e. The molecule has 0 heterocycles. The summed E-state index contributed by atoms with van der Waals surface area (Å²) >= 11 is 0. The van der Waals surface area contributed by atoms with Crippen LogP contribution in [0.4, 0.5) is 0 Å². The van der Waals surface area contributed by atoms with Crippen LogP contribution < -0.4 is 21.7 Å². The highest BCUT2D eigenvalue weighted by atomic mass is 16.4. The maximum absolute atomic E-state index is 12.7. The lowest BCUT2D eigenvalue weighted by atomic mass is 9.96. The minimum atomic E-state index is -1.47. The van der Waals surface area contributed by atoms with Crippen LogP contribution in [0.5, 0.6) is 0 Å². The number of aliphatic hydroxyl groups is 1. The van der Waals surface area contributed by atoms with Crippen molar-refractivity contribution < 1.29 is 29.4 Å². The number of carboxylic acids is 1. The second kappa shape index (κ2) is 12.3. The molecule has 0 aromatic carbocycles. The van der Waals surface area contributed by atoms with E-state index in [-0.39, 0.29) is 11.8 Å². The Morgan fingerprint density at radius 1 is 0.893 bits per heavy atom. The van der Waals surface area contributed by atoms with Crippen molar-refractivity contribution in [3.05, 3.63) is 0 Å². The molecule has 0 radical (unpaired) electrons. The fourth-order valence-electron chi connectivity index (χ4n) is 2.41. The summed E-state index contributed by atoms with van der Waals surface area (Å²) in [5.74, 6) is -3.36. The van der Waals surface area contributed by atoms with E-state index in [9.17, 15) is 19.2 Å². The fraction of sp³-hybridized carbons (Fsp3) is 0.778. The van der Waals surface area contributed by atoms with Crippen molar-refractivity contribution in [3.8, 4) is 0 Å². The molecule has 0 spiro atoms. The quantitative estimate of drug-likeness (QED) is 0.242. The van der Waals surface area contributed by atoms with Gasteiger partial charge in [0.05, 0.1) is 12.6 Å². The van der Waals surface area contributed by atoms with Gasteiger partial charge in [-0.05, 0) is 25.2 Å². The Balaban J connectivity index is 5.40. The van der Waals surface area contributed by atoms with Crippen LogP contribution >= 0.6 is 0 Å². The molecule has 0 aromatic heterocycles. The van der Waals surface area contributed by atoms with Crippen LogP contribution in [0.25, 0.3) is 0 Å². The molecule has 10 nitrogen and oxygen atoms in total. The molecule has 28 heavy (non-hydrogen) atoms. The normalized spacial score (nSPS) is 16.4.